The molecule has 9 nitrogen and oxygen atoms in total. The maximum absolute atomic E-state index is 12.8. The zero-order valence-corrected chi connectivity index (χ0v) is 20.6. The molecule has 0 aliphatic carbocycles. The van der Waals surface area contributed by atoms with Crippen molar-refractivity contribution in [2.75, 3.05) is 24.2 Å². The monoisotopic (exact) mass is 491 g/mol. The fourth-order valence-electron chi connectivity index (χ4n) is 3.56. The van der Waals surface area contributed by atoms with E-state index in [1.165, 1.54) is 6.20 Å². The van der Waals surface area contributed by atoms with E-state index < -0.39 is 11.4 Å². The predicted octanol–water partition coefficient (Wildman–Crippen LogP) is 3.90. The number of anilines is 2. The van der Waals surface area contributed by atoms with Gasteiger partial charge in [-0.15, -0.1) is 0 Å². The first-order chi connectivity index (χ1) is 16.7. The first kappa shape index (κ1) is 24.3. The number of halogens is 1. The van der Waals surface area contributed by atoms with Crippen LogP contribution in [0.25, 0.3) is 16.9 Å². The summed E-state index contributed by atoms with van der Waals surface area (Å²) >= 11 is 5.89. The smallest absolute Gasteiger partial charge is 0.275 e. The third-order valence-electron chi connectivity index (χ3n) is 5.90. The highest BCUT2D eigenvalue weighted by Gasteiger charge is 2.21. The number of nitrogens with one attached hydrogen (secondary N) is 3. The minimum Gasteiger partial charge on any atom is -0.368 e. The molecule has 0 saturated heterocycles. The van der Waals surface area contributed by atoms with E-state index in [4.69, 9.17) is 11.6 Å². The predicted molar refractivity (Wildman–Crippen MR) is 137 cm³/mol. The summed E-state index contributed by atoms with van der Waals surface area (Å²) in [5.74, 6) is 0.408. The molecule has 180 valence electrons. The first-order valence-corrected chi connectivity index (χ1v) is 11.4. The van der Waals surface area contributed by atoms with E-state index in [1.54, 1.807) is 32.2 Å². The largest absolute Gasteiger partial charge is 0.368 e. The normalized spacial score (nSPS) is 12.8. The number of imidazole rings is 1. The molecule has 4 aromatic rings. The lowest BCUT2D eigenvalue weighted by molar-refractivity contribution is -0.112. The number of likely N-dealkylation sites (N-methyl/N-ethyl adjacent to an activating group) is 1. The van der Waals surface area contributed by atoms with Crippen LogP contribution in [0.2, 0.25) is 5.02 Å². The number of carbonyl (C=O) groups excluding carboxylic acids is 2. The summed E-state index contributed by atoms with van der Waals surface area (Å²) in [6, 6.07) is 12.7. The Hall–Kier alpha value is -3.82. The van der Waals surface area contributed by atoms with Crippen LogP contribution in [-0.4, -0.2) is 50.7 Å². The van der Waals surface area contributed by atoms with Crippen LogP contribution in [0.4, 0.5) is 11.6 Å². The van der Waals surface area contributed by atoms with Crippen molar-refractivity contribution in [3.8, 4) is 11.3 Å². The summed E-state index contributed by atoms with van der Waals surface area (Å²) in [6.45, 7) is 6.05. The summed E-state index contributed by atoms with van der Waals surface area (Å²) in [5, 5.41) is 9.46. The van der Waals surface area contributed by atoms with Crippen molar-refractivity contribution >= 4 is 41.1 Å². The minimum atomic E-state index is -0.785. The lowest BCUT2D eigenvalue weighted by atomic mass is 10.1. The van der Waals surface area contributed by atoms with Gasteiger partial charge in [0.2, 0.25) is 0 Å². The highest BCUT2D eigenvalue weighted by Crippen LogP contribution is 2.28. The molecule has 0 aromatic carbocycles. The van der Waals surface area contributed by atoms with Gasteiger partial charge in [-0.1, -0.05) is 17.7 Å². The summed E-state index contributed by atoms with van der Waals surface area (Å²) in [7, 11) is 1.72. The van der Waals surface area contributed by atoms with Gasteiger partial charge in [0.1, 0.15) is 29.3 Å². The van der Waals surface area contributed by atoms with Gasteiger partial charge in [0, 0.05) is 24.0 Å². The van der Waals surface area contributed by atoms with Gasteiger partial charge < -0.3 is 20.7 Å². The number of hydrogen-bond acceptors (Lipinski definition) is 7. The molecular weight excluding hydrogens is 466 g/mol. The van der Waals surface area contributed by atoms with Gasteiger partial charge in [-0.25, -0.2) is 15.0 Å². The Kier molecular flexibility index (Phi) is 6.81. The second-order valence-electron chi connectivity index (χ2n) is 8.47. The highest BCUT2D eigenvalue weighted by atomic mass is 35.5. The molecule has 0 radical (unpaired) electrons. The Morgan fingerprint density at radius 2 is 1.91 bits per heavy atom. The number of aromatic nitrogens is 4. The zero-order valence-electron chi connectivity index (χ0n) is 19.9. The topological polar surface area (TPSA) is 113 Å². The molecule has 0 fully saturated rings. The van der Waals surface area contributed by atoms with Crippen molar-refractivity contribution in [2.24, 2.45) is 0 Å². The van der Waals surface area contributed by atoms with Crippen LogP contribution >= 0.6 is 11.6 Å². The second kappa shape index (κ2) is 9.81. The molecule has 0 aliphatic rings. The van der Waals surface area contributed by atoms with Gasteiger partial charge in [-0.3, -0.25) is 9.20 Å². The number of nitrogens with zero attached hydrogens (tertiary/aromatic N) is 4. The van der Waals surface area contributed by atoms with Crippen LogP contribution in [0, 0.1) is 13.8 Å². The summed E-state index contributed by atoms with van der Waals surface area (Å²) in [5.41, 5.74) is 3.89. The van der Waals surface area contributed by atoms with E-state index in [-0.39, 0.29) is 5.69 Å². The van der Waals surface area contributed by atoms with Crippen molar-refractivity contribution < 1.29 is 9.59 Å². The van der Waals surface area contributed by atoms with E-state index >= 15 is 0 Å². The van der Waals surface area contributed by atoms with E-state index in [0.717, 1.165) is 34.6 Å². The van der Waals surface area contributed by atoms with Gasteiger partial charge in [-0.05, 0) is 64.2 Å². The Balaban J connectivity index is 1.76. The van der Waals surface area contributed by atoms with Gasteiger partial charge >= 0.3 is 0 Å². The fourth-order valence-corrected chi connectivity index (χ4v) is 3.68. The van der Waals surface area contributed by atoms with Crippen LogP contribution in [0.15, 0.2) is 48.7 Å². The number of pyridine rings is 3. The Morgan fingerprint density at radius 1 is 1.14 bits per heavy atom. The average molecular weight is 492 g/mol. The van der Waals surface area contributed by atoms with E-state index in [9.17, 15) is 9.59 Å². The molecule has 1 atom stereocenters. The molecule has 35 heavy (non-hydrogen) atoms. The Labute approximate surface area is 208 Å². The molecular formula is C25H26ClN7O2. The number of amides is 1. The van der Waals surface area contributed by atoms with Crippen molar-refractivity contribution in [1.82, 2.24) is 24.7 Å². The number of fused-ring (bicyclic) bond motifs is 1. The van der Waals surface area contributed by atoms with E-state index in [2.05, 4.69) is 35.3 Å². The third-order valence-corrected chi connectivity index (χ3v) is 6.12. The first-order valence-electron chi connectivity index (χ1n) is 11.0. The van der Waals surface area contributed by atoms with E-state index in [0.29, 0.717) is 23.2 Å². The van der Waals surface area contributed by atoms with Crippen molar-refractivity contribution in [3.05, 3.63) is 70.8 Å². The maximum Gasteiger partial charge on any atom is 0.275 e. The standard InChI is InChI=1S/C25H26ClN7O2/c1-15-16(2)33-20(6-5-7-23(33)30-15)17-10-21(29-13-25(3,14-34)27-4)31-22(11-17)32-24(35)19-9-8-18(26)12-28-19/h5-12,14,27H,13H2,1-4H3,(H2,29,31,32,35). The van der Waals surface area contributed by atoms with Gasteiger partial charge in [-0.2, -0.15) is 0 Å². The molecule has 4 heterocycles. The maximum atomic E-state index is 12.8. The van der Waals surface area contributed by atoms with Crippen molar-refractivity contribution in [3.63, 3.8) is 0 Å². The molecule has 10 heteroatoms. The van der Waals surface area contributed by atoms with Crippen LogP contribution in [0.5, 0.6) is 0 Å². The molecule has 4 rings (SSSR count). The second-order valence-corrected chi connectivity index (χ2v) is 8.90. The molecule has 0 aliphatic heterocycles. The zero-order chi connectivity index (χ0) is 25.2. The molecule has 1 unspecified atom stereocenters. The van der Waals surface area contributed by atoms with Crippen LogP contribution in [-0.2, 0) is 4.79 Å². The SMILES string of the molecule is CNC(C)(C=O)CNc1cc(-c2cccc3nc(C)c(C)n23)cc(NC(=O)c2ccc(Cl)cn2)n1. The number of aryl methyl sites for hydroxylation is 2. The number of carbonyl (C=O) groups is 2. The number of rotatable bonds is 8. The van der Waals surface area contributed by atoms with Gasteiger partial charge in [0.15, 0.2) is 0 Å². The van der Waals surface area contributed by atoms with Gasteiger partial charge in [0.05, 0.1) is 21.9 Å². The van der Waals surface area contributed by atoms with E-state index in [1.807, 2.05) is 38.1 Å². The Bertz CT molecular complexity index is 1400. The average Bonchev–Trinajstić information content (AvgIpc) is 3.16. The molecule has 0 saturated carbocycles. The molecule has 1 amide bonds. The Morgan fingerprint density at radius 3 is 2.60 bits per heavy atom. The quantitative estimate of drug-likeness (QED) is 0.320. The molecule has 0 bridgehead atoms. The van der Waals surface area contributed by atoms with Crippen LogP contribution in [0.3, 0.4) is 0 Å². The highest BCUT2D eigenvalue weighted by molar-refractivity contribution is 6.30. The third kappa shape index (κ3) is 5.16. The molecule has 0 spiro atoms. The minimum absolute atomic E-state index is 0.211. The van der Waals surface area contributed by atoms with Crippen molar-refractivity contribution in [1.29, 1.82) is 0 Å². The fraction of sp³-hybridized carbons (Fsp3) is 0.240. The van der Waals surface area contributed by atoms with Crippen LogP contribution < -0.4 is 16.0 Å². The van der Waals surface area contributed by atoms with Crippen molar-refractivity contribution in [2.45, 2.75) is 26.3 Å². The van der Waals surface area contributed by atoms with Gasteiger partial charge in [0.25, 0.3) is 5.91 Å². The molecule has 3 N–H and O–H groups in total. The molecule has 4 aromatic heterocycles. The lowest BCUT2D eigenvalue weighted by Crippen LogP contribution is -2.47. The van der Waals surface area contributed by atoms with Crippen LogP contribution in [0.1, 0.15) is 28.8 Å². The summed E-state index contributed by atoms with van der Waals surface area (Å²) < 4.78 is 2.06. The summed E-state index contributed by atoms with van der Waals surface area (Å²) in [6.07, 6.45) is 2.26. The summed E-state index contributed by atoms with van der Waals surface area (Å²) in [4.78, 5) is 37.6. The lowest BCUT2D eigenvalue weighted by Gasteiger charge is -2.23. The number of aldehydes is 1. The number of hydrogen-bond donors (Lipinski definition) is 3.